The minimum absolute atomic E-state index is 0.369. The van der Waals surface area contributed by atoms with Gasteiger partial charge in [0.05, 0.1) is 18.4 Å². The molecule has 0 N–H and O–H groups in total. The second-order valence-corrected chi connectivity index (χ2v) is 3.67. The van der Waals surface area contributed by atoms with Crippen molar-refractivity contribution in [3.05, 3.63) is 66.0 Å². The van der Waals surface area contributed by atoms with E-state index in [0.717, 1.165) is 11.3 Å². The summed E-state index contributed by atoms with van der Waals surface area (Å²) in [6, 6.07) is 14.9. The Morgan fingerprint density at radius 3 is 2.44 bits per heavy atom. The van der Waals surface area contributed by atoms with Crippen LogP contribution in [0.25, 0.3) is 11.6 Å². The normalized spacial score (nSPS) is 11.1. The fraction of sp³-hybridized carbons (Fsp3) is 0.0667. The van der Waals surface area contributed by atoms with Crippen molar-refractivity contribution in [2.24, 2.45) is 0 Å². The minimum Gasteiger partial charge on any atom is -0.465 e. The Hall–Kier alpha value is -2.42. The van der Waals surface area contributed by atoms with Gasteiger partial charge in [-0.3, -0.25) is 4.98 Å². The molecule has 18 heavy (non-hydrogen) atoms. The Balaban J connectivity index is 2.44. The number of hydrogen-bond donors (Lipinski definition) is 0. The Morgan fingerprint density at radius 2 is 1.83 bits per heavy atom. The fourth-order valence-corrected chi connectivity index (χ4v) is 1.60. The number of rotatable bonds is 3. The molecule has 0 spiro atoms. The number of hydrogen-bond acceptors (Lipinski definition) is 3. The van der Waals surface area contributed by atoms with Gasteiger partial charge in [-0.15, -0.1) is 0 Å². The molecule has 1 heterocycles. The zero-order valence-corrected chi connectivity index (χ0v) is 10.0. The van der Waals surface area contributed by atoms with Crippen molar-refractivity contribution in [2.75, 3.05) is 7.11 Å². The van der Waals surface area contributed by atoms with E-state index in [2.05, 4.69) is 4.98 Å². The van der Waals surface area contributed by atoms with Gasteiger partial charge >= 0.3 is 5.97 Å². The maximum Gasteiger partial charge on any atom is 0.338 e. The van der Waals surface area contributed by atoms with Gasteiger partial charge < -0.3 is 4.74 Å². The van der Waals surface area contributed by atoms with Crippen LogP contribution in [-0.4, -0.2) is 18.1 Å². The molecule has 0 bridgehead atoms. The highest BCUT2D eigenvalue weighted by molar-refractivity contribution is 6.21. The van der Waals surface area contributed by atoms with Crippen LogP contribution in [0.2, 0.25) is 0 Å². The lowest BCUT2D eigenvalue weighted by molar-refractivity contribution is -0.133. The van der Waals surface area contributed by atoms with E-state index in [9.17, 15) is 4.79 Å². The number of aromatic nitrogens is 1. The number of carbonyl (C=O) groups excluding carboxylic acids is 1. The van der Waals surface area contributed by atoms with E-state index in [4.69, 9.17) is 4.74 Å². The molecule has 0 amide bonds. The Bertz CT molecular complexity index is 547. The molecule has 3 heteroatoms. The standard InChI is InChI=1S/C15H13NO2/c1-18-15(17)14(12-7-3-2-4-8-12)11-13-9-5-6-10-16-13/h2-11H,1H3/b14-11-. The van der Waals surface area contributed by atoms with Gasteiger partial charge in [0, 0.05) is 6.20 Å². The Labute approximate surface area is 106 Å². The maximum atomic E-state index is 11.8. The van der Waals surface area contributed by atoms with Crippen LogP contribution in [0.5, 0.6) is 0 Å². The van der Waals surface area contributed by atoms with Crippen LogP contribution < -0.4 is 0 Å². The summed E-state index contributed by atoms with van der Waals surface area (Å²) in [5.74, 6) is -0.369. The van der Waals surface area contributed by atoms with Crippen molar-refractivity contribution in [1.29, 1.82) is 0 Å². The molecule has 0 fully saturated rings. The summed E-state index contributed by atoms with van der Waals surface area (Å²) in [5, 5.41) is 0. The van der Waals surface area contributed by atoms with E-state index in [1.54, 1.807) is 12.3 Å². The molecule has 2 rings (SSSR count). The molecular formula is C15H13NO2. The van der Waals surface area contributed by atoms with Gasteiger partial charge in [-0.2, -0.15) is 0 Å². The number of carbonyl (C=O) groups is 1. The summed E-state index contributed by atoms with van der Waals surface area (Å²) < 4.78 is 4.80. The average molecular weight is 239 g/mol. The van der Waals surface area contributed by atoms with Gasteiger partial charge in [-0.1, -0.05) is 36.4 Å². The van der Waals surface area contributed by atoms with Gasteiger partial charge in [0.15, 0.2) is 0 Å². The second kappa shape index (κ2) is 5.77. The first kappa shape index (κ1) is 12.0. The van der Waals surface area contributed by atoms with Crippen LogP contribution >= 0.6 is 0 Å². The molecule has 0 aliphatic rings. The molecule has 0 radical (unpaired) electrons. The van der Waals surface area contributed by atoms with E-state index in [1.165, 1.54) is 7.11 Å². The predicted molar refractivity (Wildman–Crippen MR) is 70.6 cm³/mol. The Morgan fingerprint density at radius 1 is 1.11 bits per heavy atom. The molecule has 0 atom stereocenters. The van der Waals surface area contributed by atoms with E-state index >= 15 is 0 Å². The average Bonchev–Trinajstić information content (AvgIpc) is 2.46. The molecule has 0 saturated carbocycles. The van der Waals surface area contributed by atoms with Gasteiger partial charge in [0.2, 0.25) is 0 Å². The number of benzene rings is 1. The lowest BCUT2D eigenvalue weighted by atomic mass is 10.0. The van der Waals surface area contributed by atoms with Crippen molar-refractivity contribution >= 4 is 17.6 Å². The van der Waals surface area contributed by atoms with E-state index in [-0.39, 0.29) is 5.97 Å². The van der Waals surface area contributed by atoms with Crippen molar-refractivity contribution in [2.45, 2.75) is 0 Å². The summed E-state index contributed by atoms with van der Waals surface area (Å²) in [6.07, 6.45) is 3.41. The highest BCUT2D eigenvalue weighted by atomic mass is 16.5. The fourth-order valence-electron chi connectivity index (χ4n) is 1.60. The Kier molecular flexibility index (Phi) is 3.86. The molecular weight excluding hydrogens is 226 g/mol. The number of methoxy groups -OCH3 is 1. The molecule has 90 valence electrons. The second-order valence-electron chi connectivity index (χ2n) is 3.67. The number of ether oxygens (including phenoxy) is 1. The minimum atomic E-state index is -0.369. The quantitative estimate of drug-likeness (QED) is 0.610. The van der Waals surface area contributed by atoms with Crippen molar-refractivity contribution in [3.8, 4) is 0 Å². The molecule has 0 aliphatic carbocycles. The largest absolute Gasteiger partial charge is 0.465 e. The van der Waals surface area contributed by atoms with Crippen LogP contribution in [0.4, 0.5) is 0 Å². The molecule has 2 aromatic rings. The van der Waals surface area contributed by atoms with Crippen LogP contribution in [0, 0.1) is 0 Å². The topological polar surface area (TPSA) is 39.2 Å². The van der Waals surface area contributed by atoms with Crippen molar-refractivity contribution < 1.29 is 9.53 Å². The maximum absolute atomic E-state index is 11.8. The van der Waals surface area contributed by atoms with Gasteiger partial charge in [0.1, 0.15) is 0 Å². The van der Waals surface area contributed by atoms with Crippen LogP contribution in [-0.2, 0) is 9.53 Å². The third-order valence-electron chi connectivity index (χ3n) is 2.47. The van der Waals surface area contributed by atoms with Gasteiger partial charge in [0.25, 0.3) is 0 Å². The van der Waals surface area contributed by atoms with Crippen LogP contribution in [0.15, 0.2) is 54.7 Å². The lowest BCUT2D eigenvalue weighted by Crippen LogP contribution is -2.03. The molecule has 1 aromatic carbocycles. The predicted octanol–water partition coefficient (Wildman–Crippen LogP) is 2.80. The number of pyridine rings is 1. The summed E-state index contributed by atoms with van der Waals surface area (Å²) in [6.45, 7) is 0. The van der Waals surface area contributed by atoms with Crippen LogP contribution in [0.1, 0.15) is 11.3 Å². The molecule has 0 aliphatic heterocycles. The third kappa shape index (κ3) is 2.83. The highest BCUT2D eigenvalue weighted by Gasteiger charge is 2.12. The first-order valence-corrected chi connectivity index (χ1v) is 5.58. The number of nitrogens with zero attached hydrogens (tertiary/aromatic N) is 1. The van der Waals surface area contributed by atoms with Gasteiger partial charge in [-0.25, -0.2) is 4.79 Å². The van der Waals surface area contributed by atoms with Gasteiger partial charge in [-0.05, 0) is 23.8 Å². The summed E-state index contributed by atoms with van der Waals surface area (Å²) in [7, 11) is 1.37. The van der Waals surface area contributed by atoms with Crippen molar-refractivity contribution in [1.82, 2.24) is 4.98 Å². The summed E-state index contributed by atoms with van der Waals surface area (Å²) >= 11 is 0. The van der Waals surface area contributed by atoms with E-state index < -0.39 is 0 Å². The lowest BCUT2D eigenvalue weighted by Gasteiger charge is -2.05. The first-order valence-electron chi connectivity index (χ1n) is 5.58. The monoisotopic (exact) mass is 239 g/mol. The summed E-state index contributed by atoms with van der Waals surface area (Å²) in [5.41, 5.74) is 2.04. The van der Waals surface area contributed by atoms with E-state index in [0.29, 0.717) is 5.57 Å². The zero-order valence-electron chi connectivity index (χ0n) is 10.0. The molecule has 3 nitrogen and oxygen atoms in total. The van der Waals surface area contributed by atoms with E-state index in [1.807, 2.05) is 48.5 Å². The first-order chi connectivity index (χ1) is 8.81. The van der Waals surface area contributed by atoms with Crippen LogP contribution in [0.3, 0.4) is 0 Å². The molecule has 0 unspecified atom stereocenters. The van der Waals surface area contributed by atoms with Crippen molar-refractivity contribution in [3.63, 3.8) is 0 Å². The number of esters is 1. The third-order valence-corrected chi connectivity index (χ3v) is 2.47. The zero-order chi connectivity index (χ0) is 12.8. The smallest absolute Gasteiger partial charge is 0.338 e. The molecule has 0 saturated heterocycles. The summed E-state index contributed by atoms with van der Waals surface area (Å²) in [4.78, 5) is 16.0. The SMILES string of the molecule is COC(=O)/C(=C\c1ccccn1)c1ccccc1. The molecule has 1 aromatic heterocycles. The highest BCUT2D eigenvalue weighted by Crippen LogP contribution is 2.18.